The highest BCUT2D eigenvalue weighted by Gasteiger charge is 2.22. The second kappa shape index (κ2) is 7.32. The van der Waals surface area contributed by atoms with E-state index in [0.717, 1.165) is 0 Å². The largest absolute Gasteiger partial charge is 0.460 e. The normalized spacial score (nSPS) is 13.1. The number of halogens is 2. The molecule has 0 aliphatic carbocycles. The Hall–Kier alpha value is -0.0400. The van der Waals surface area contributed by atoms with E-state index in [1.54, 1.807) is 20.8 Å². The van der Waals surface area contributed by atoms with Gasteiger partial charge in [0.1, 0.15) is 17.6 Å². The van der Waals surface area contributed by atoms with Crippen LogP contribution in [0.3, 0.4) is 0 Å². The Kier molecular flexibility index (Phi) is 7.30. The fourth-order valence-corrected chi connectivity index (χ4v) is 1.47. The van der Waals surface area contributed by atoms with Crippen molar-refractivity contribution >= 4 is 46.1 Å². The van der Waals surface area contributed by atoms with Crippen LogP contribution in [-0.2, 0) is 19.1 Å². The van der Waals surface area contributed by atoms with Gasteiger partial charge in [-0.3, -0.25) is 9.59 Å². The number of rotatable bonds is 5. The summed E-state index contributed by atoms with van der Waals surface area (Å²) in [6, 6.07) is 0. The number of hydrogen-bond acceptors (Lipinski definition) is 4. The van der Waals surface area contributed by atoms with E-state index in [9.17, 15) is 9.59 Å². The van der Waals surface area contributed by atoms with E-state index in [-0.39, 0.29) is 18.3 Å². The van der Waals surface area contributed by atoms with E-state index in [1.165, 1.54) is 0 Å². The van der Waals surface area contributed by atoms with Crippen molar-refractivity contribution < 1.29 is 19.1 Å². The van der Waals surface area contributed by atoms with Crippen LogP contribution in [0.25, 0.3) is 0 Å². The van der Waals surface area contributed by atoms with E-state index in [1.807, 2.05) is 22.6 Å². The van der Waals surface area contributed by atoms with Gasteiger partial charge in [0.05, 0.1) is 6.42 Å². The molecule has 0 amide bonds. The molecule has 0 N–H and O–H groups in total. The molecule has 0 radical (unpaired) electrons. The zero-order chi connectivity index (χ0) is 12.8. The maximum absolute atomic E-state index is 11.4. The Morgan fingerprint density at radius 3 is 2.25 bits per heavy atom. The number of esters is 2. The summed E-state index contributed by atoms with van der Waals surface area (Å²) in [5.41, 5.74) is -0.524. The van der Waals surface area contributed by atoms with Gasteiger partial charge in [-0.15, -0.1) is 11.6 Å². The SMILES string of the molecule is CC(C)(C)OC(=O)CC(CI)OC(=O)CCl. The first kappa shape index (κ1) is 16.0. The van der Waals surface area contributed by atoms with Gasteiger partial charge in [0.2, 0.25) is 0 Å². The molecule has 0 bridgehead atoms. The molecular weight excluding hydrogens is 346 g/mol. The number of hydrogen-bond donors (Lipinski definition) is 0. The second-order valence-corrected chi connectivity index (χ2v) is 5.34. The maximum atomic E-state index is 11.4. The third kappa shape index (κ3) is 8.15. The molecule has 16 heavy (non-hydrogen) atoms. The van der Waals surface area contributed by atoms with Gasteiger partial charge in [0, 0.05) is 4.43 Å². The van der Waals surface area contributed by atoms with E-state index < -0.39 is 17.7 Å². The van der Waals surface area contributed by atoms with E-state index in [0.29, 0.717) is 4.43 Å². The van der Waals surface area contributed by atoms with Crippen LogP contribution < -0.4 is 0 Å². The van der Waals surface area contributed by atoms with Crippen molar-refractivity contribution in [1.29, 1.82) is 0 Å². The molecule has 0 aliphatic rings. The lowest BCUT2D eigenvalue weighted by Crippen LogP contribution is -2.29. The highest BCUT2D eigenvalue weighted by molar-refractivity contribution is 14.1. The van der Waals surface area contributed by atoms with Crippen LogP contribution in [0, 0.1) is 0 Å². The molecule has 0 rings (SSSR count). The smallest absolute Gasteiger partial charge is 0.321 e. The predicted molar refractivity (Wildman–Crippen MR) is 69.9 cm³/mol. The molecule has 0 aromatic carbocycles. The number of alkyl halides is 2. The Bertz CT molecular complexity index is 250. The first-order valence-electron chi connectivity index (χ1n) is 4.81. The summed E-state index contributed by atoms with van der Waals surface area (Å²) in [5, 5.41) is 0. The molecule has 94 valence electrons. The zero-order valence-electron chi connectivity index (χ0n) is 9.59. The minimum atomic E-state index is -0.524. The molecule has 6 heteroatoms. The van der Waals surface area contributed by atoms with Crippen molar-refractivity contribution in [3.63, 3.8) is 0 Å². The molecule has 4 nitrogen and oxygen atoms in total. The van der Waals surface area contributed by atoms with E-state index in [4.69, 9.17) is 21.1 Å². The van der Waals surface area contributed by atoms with Gasteiger partial charge >= 0.3 is 11.9 Å². The van der Waals surface area contributed by atoms with Crippen molar-refractivity contribution in [2.75, 3.05) is 10.3 Å². The summed E-state index contributed by atoms with van der Waals surface area (Å²) < 4.78 is 10.6. The molecule has 0 aliphatic heterocycles. The average molecular weight is 363 g/mol. The van der Waals surface area contributed by atoms with Crippen LogP contribution in [-0.4, -0.2) is 34.0 Å². The third-order valence-corrected chi connectivity index (χ3v) is 2.59. The summed E-state index contributed by atoms with van der Waals surface area (Å²) in [6.07, 6.45) is -0.412. The van der Waals surface area contributed by atoms with Crippen LogP contribution in [0.5, 0.6) is 0 Å². The van der Waals surface area contributed by atoms with Gasteiger partial charge in [-0.2, -0.15) is 0 Å². The minimum Gasteiger partial charge on any atom is -0.460 e. The van der Waals surface area contributed by atoms with E-state index >= 15 is 0 Å². The molecule has 1 unspecified atom stereocenters. The molecule has 0 aromatic rings. The summed E-state index contributed by atoms with van der Waals surface area (Å²) >= 11 is 7.34. The van der Waals surface area contributed by atoms with Gasteiger partial charge < -0.3 is 9.47 Å². The lowest BCUT2D eigenvalue weighted by atomic mass is 10.2. The monoisotopic (exact) mass is 362 g/mol. The Morgan fingerprint density at radius 1 is 1.31 bits per heavy atom. The van der Waals surface area contributed by atoms with Crippen molar-refractivity contribution in [1.82, 2.24) is 0 Å². The molecule has 0 spiro atoms. The van der Waals surface area contributed by atoms with E-state index in [2.05, 4.69) is 0 Å². The summed E-state index contributed by atoms with van der Waals surface area (Å²) in [5.74, 6) is -1.11. The zero-order valence-corrected chi connectivity index (χ0v) is 12.5. The van der Waals surface area contributed by atoms with Crippen molar-refractivity contribution in [3.05, 3.63) is 0 Å². The van der Waals surface area contributed by atoms with Crippen molar-refractivity contribution in [3.8, 4) is 0 Å². The average Bonchev–Trinajstić information content (AvgIpc) is 2.13. The highest BCUT2D eigenvalue weighted by Crippen LogP contribution is 2.12. The van der Waals surface area contributed by atoms with Gasteiger partial charge in [-0.25, -0.2) is 0 Å². The molecule has 0 saturated heterocycles. The van der Waals surface area contributed by atoms with Gasteiger partial charge in [0.25, 0.3) is 0 Å². The fraction of sp³-hybridized carbons (Fsp3) is 0.800. The molecule has 0 fully saturated rings. The molecule has 0 saturated carbocycles. The minimum absolute atomic E-state index is 0.0584. The second-order valence-electron chi connectivity index (χ2n) is 4.19. The summed E-state index contributed by atoms with van der Waals surface area (Å²) in [6.45, 7) is 5.36. The topological polar surface area (TPSA) is 52.6 Å². The van der Waals surface area contributed by atoms with Crippen LogP contribution in [0.15, 0.2) is 0 Å². The summed E-state index contributed by atoms with van der Waals surface area (Å²) in [7, 11) is 0. The lowest BCUT2D eigenvalue weighted by Gasteiger charge is -2.21. The van der Waals surface area contributed by atoms with Crippen LogP contribution in [0.4, 0.5) is 0 Å². The number of carbonyl (C=O) groups is 2. The summed E-state index contributed by atoms with van der Waals surface area (Å²) in [4.78, 5) is 22.4. The first-order chi connectivity index (χ1) is 7.28. The molecule has 1 atom stereocenters. The highest BCUT2D eigenvalue weighted by atomic mass is 127. The Labute approximate surface area is 114 Å². The number of ether oxygens (including phenoxy) is 2. The fourth-order valence-electron chi connectivity index (χ4n) is 0.914. The molecule has 0 aromatic heterocycles. The third-order valence-electron chi connectivity index (χ3n) is 1.39. The van der Waals surface area contributed by atoms with Crippen LogP contribution in [0.1, 0.15) is 27.2 Å². The maximum Gasteiger partial charge on any atom is 0.321 e. The van der Waals surface area contributed by atoms with Gasteiger partial charge in [0.15, 0.2) is 0 Å². The Balaban J connectivity index is 4.12. The van der Waals surface area contributed by atoms with Crippen LogP contribution in [0.2, 0.25) is 0 Å². The number of carbonyl (C=O) groups excluding carboxylic acids is 2. The molecule has 0 heterocycles. The van der Waals surface area contributed by atoms with Gasteiger partial charge in [-0.05, 0) is 20.8 Å². The van der Waals surface area contributed by atoms with Crippen molar-refractivity contribution in [2.24, 2.45) is 0 Å². The standard InChI is InChI=1S/C10H16ClIO4/c1-10(2,3)16-8(13)4-7(6-12)15-9(14)5-11/h7H,4-6H2,1-3H3. The van der Waals surface area contributed by atoms with Crippen molar-refractivity contribution in [2.45, 2.75) is 38.9 Å². The lowest BCUT2D eigenvalue weighted by molar-refractivity contribution is -0.159. The quantitative estimate of drug-likeness (QED) is 0.428. The predicted octanol–water partition coefficient (Wildman–Crippen LogP) is 2.30. The molecular formula is C10H16ClIO4. The Morgan fingerprint density at radius 2 is 1.88 bits per heavy atom. The van der Waals surface area contributed by atoms with Crippen LogP contribution >= 0.6 is 34.2 Å². The first-order valence-corrected chi connectivity index (χ1v) is 6.87. The van der Waals surface area contributed by atoms with Gasteiger partial charge in [-0.1, -0.05) is 22.6 Å².